The van der Waals surface area contributed by atoms with Crippen LogP contribution in [0.25, 0.3) is 10.2 Å². The van der Waals surface area contributed by atoms with Crippen molar-refractivity contribution in [1.82, 2.24) is 9.97 Å². The fourth-order valence-electron chi connectivity index (χ4n) is 4.60. The first-order valence-electron chi connectivity index (χ1n) is 12.6. The molecule has 0 spiro atoms. The van der Waals surface area contributed by atoms with Gasteiger partial charge in [0.15, 0.2) is 16.6 Å². The summed E-state index contributed by atoms with van der Waals surface area (Å²) in [5.41, 5.74) is 2.26. The third-order valence-electron chi connectivity index (χ3n) is 6.71. The van der Waals surface area contributed by atoms with Crippen molar-refractivity contribution in [2.75, 3.05) is 42.5 Å². The number of benzene rings is 3. The van der Waals surface area contributed by atoms with Crippen LogP contribution >= 0.6 is 11.3 Å². The van der Waals surface area contributed by atoms with Gasteiger partial charge in [0.2, 0.25) is 0 Å². The molecule has 0 saturated carbocycles. The zero-order valence-electron chi connectivity index (χ0n) is 22.8. The van der Waals surface area contributed by atoms with E-state index in [4.69, 9.17) is 19.2 Å². The molecule has 3 aromatic carbocycles. The molecule has 0 unspecified atom stereocenters. The number of anilines is 4. The maximum Gasteiger partial charge on any atom is 0.265 e. The van der Waals surface area contributed by atoms with Crippen LogP contribution in [0.1, 0.15) is 10.4 Å². The SMILES string of the molecule is COc1ccc(N2CN(c3nc4ccc(NS(=O)(=O)c5ccc(OC)c(OC)c5)cc4s3)C(=O)c3cccnc32)cc1. The van der Waals surface area contributed by atoms with E-state index in [1.807, 2.05) is 29.2 Å². The molecule has 3 heterocycles. The van der Waals surface area contributed by atoms with Crippen molar-refractivity contribution in [3.05, 3.63) is 84.6 Å². The quantitative estimate of drug-likeness (QED) is 0.253. The highest BCUT2D eigenvalue weighted by Gasteiger charge is 2.33. The summed E-state index contributed by atoms with van der Waals surface area (Å²) < 4.78 is 45.3. The molecule has 13 heteroatoms. The molecule has 6 rings (SSSR count). The molecule has 1 N–H and O–H groups in total. The molecule has 1 aliphatic rings. The topological polar surface area (TPSA) is 123 Å². The molecule has 0 bridgehead atoms. The van der Waals surface area contributed by atoms with Gasteiger partial charge in [-0.1, -0.05) is 11.3 Å². The average Bonchev–Trinajstić information content (AvgIpc) is 3.44. The van der Waals surface area contributed by atoms with Gasteiger partial charge in [-0.2, -0.15) is 0 Å². The van der Waals surface area contributed by atoms with Gasteiger partial charge in [0, 0.05) is 18.0 Å². The van der Waals surface area contributed by atoms with Crippen molar-refractivity contribution in [1.29, 1.82) is 0 Å². The summed E-state index contributed by atoms with van der Waals surface area (Å²) in [6.07, 6.45) is 1.65. The van der Waals surface area contributed by atoms with Crippen molar-refractivity contribution in [3.8, 4) is 17.2 Å². The number of methoxy groups -OCH3 is 3. The summed E-state index contributed by atoms with van der Waals surface area (Å²) in [5, 5.41) is 0.475. The van der Waals surface area contributed by atoms with Crippen molar-refractivity contribution in [3.63, 3.8) is 0 Å². The number of sulfonamides is 1. The first-order chi connectivity index (χ1) is 20.3. The Bertz CT molecular complexity index is 1910. The van der Waals surface area contributed by atoms with E-state index >= 15 is 0 Å². The van der Waals surface area contributed by atoms with Crippen LogP contribution in [-0.2, 0) is 10.0 Å². The van der Waals surface area contributed by atoms with Crippen molar-refractivity contribution < 1.29 is 27.4 Å². The number of fused-ring (bicyclic) bond motifs is 2. The van der Waals surface area contributed by atoms with E-state index in [1.54, 1.807) is 48.5 Å². The Morgan fingerprint density at radius 1 is 0.881 bits per heavy atom. The molecule has 214 valence electrons. The van der Waals surface area contributed by atoms with Gasteiger partial charge in [-0.15, -0.1) is 0 Å². The summed E-state index contributed by atoms with van der Waals surface area (Å²) in [5.74, 6) is 1.77. The molecular weight excluding hydrogens is 578 g/mol. The van der Waals surface area contributed by atoms with E-state index in [0.29, 0.717) is 49.7 Å². The molecule has 1 aliphatic heterocycles. The number of nitrogens with one attached hydrogen (secondary N) is 1. The Hall–Kier alpha value is -4.88. The summed E-state index contributed by atoms with van der Waals surface area (Å²) in [6, 6.07) is 20.4. The zero-order valence-corrected chi connectivity index (χ0v) is 24.4. The number of amides is 1. The van der Waals surface area contributed by atoms with Crippen molar-refractivity contribution in [2.24, 2.45) is 0 Å². The highest BCUT2D eigenvalue weighted by molar-refractivity contribution is 7.92. The second-order valence-corrected chi connectivity index (χ2v) is 11.9. The lowest BCUT2D eigenvalue weighted by Crippen LogP contribution is -2.45. The van der Waals surface area contributed by atoms with Gasteiger partial charge in [-0.25, -0.2) is 18.4 Å². The molecule has 1 amide bonds. The van der Waals surface area contributed by atoms with Gasteiger partial charge in [-0.05, 0) is 66.7 Å². The summed E-state index contributed by atoms with van der Waals surface area (Å²) in [4.78, 5) is 26.3. The lowest BCUT2D eigenvalue weighted by Gasteiger charge is -2.35. The van der Waals surface area contributed by atoms with E-state index in [0.717, 1.165) is 5.69 Å². The fraction of sp³-hybridized carbons (Fsp3) is 0.138. The molecule has 0 atom stereocenters. The number of aromatic nitrogens is 2. The van der Waals surface area contributed by atoms with Crippen LogP contribution in [0.5, 0.6) is 17.2 Å². The monoisotopic (exact) mass is 603 g/mol. The first-order valence-corrected chi connectivity index (χ1v) is 14.9. The minimum Gasteiger partial charge on any atom is -0.497 e. The number of ether oxygens (including phenoxy) is 3. The number of hydrogen-bond acceptors (Lipinski definition) is 10. The average molecular weight is 604 g/mol. The molecule has 0 radical (unpaired) electrons. The van der Waals surface area contributed by atoms with Crippen LogP contribution < -0.4 is 28.7 Å². The maximum atomic E-state index is 13.6. The third kappa shape index (κ3) is 4.92. The molecule has 11 nitrogen and oxygen atoms in total. The largest absolute Gasteiger partial charge is 0.497 e. The number of hydrogen-bond donors (Lipinski definition) is 1. The lowest BCUT2D eigenvalue weighted by atomic mass is 10.1. The minimum absolute atomic E-state index is 0.0232. The maximum absolute atomic E-state index is 13.6. The predicted octanol–water partition coefficient (Wildman–Crippen LogP) is 5.27. The van der Waals surface area contributed by atoms with E-state index in [1.165, 1.54) is 43.8 Å². The Labute approximate surface area is 246 Å². The Morgan fingerprint density at radius 2 is 1.67 bits per heavy atom. The van der Waals surface area contributed by atoms with E-state index in [-0.39, 0.29) is 17.5 Å². The van der Waals surface area contributed by atoms with Crippen LogP contribution in [0.4, 0.5) is 22.3 Å². The van der Waals surface area contributed by atoms with Crippen molar-refractivity contribution >= 4 is 59.8 Å². The molecular formula is C29H25N5O6S2. The Kier molecular flexibility index (Phi) is 7.04. The minimum atomic E-state index is -3.93. The molecule has 0 saturated heterocycles. The van der Waals surface area contributed by atoms with Gasteiger partial charge >= 0.3 is 0 Å². The second-order valence-electron chi connectivity index (χ2n) is 9.18. The number of nitrogens with zero attached hydrogens (tertiary/aromatic N) is 4. The number of carbonyl (C=O) groups excluding carboxylic acids is 1. The summed E-state index contributed by atoms with van der Waals surface area (Å²) >= 11 is 1.29. The highest BCUT2D eigenvalue weighted by Crippen LogP contribution is 2.38. The molecule has 5 aromatic rings. The molecule has 0 aliphatic carbocycles. The van der Waals surface area contributed by atoms with Gasteiger partial charge in [0.1, 0.15) is 18.2 Å². The van der Waals surface area contributed by atoms with E-state index in [2.05, 4.69) is 9.71 Å². The lowest BCUT2D eigenvalue weighted by molar-refractivity contribution is 0.0983. The van der Waals surface area contributed by atoms with Gasteiger partial charge in [-0.3, -0.25) is 14.4 Å². The fourth-order valence-corrected chi connectivity index (χ4v) is 6.66. The normalized spacial score (nSPS) is 13.2. The van der Waals surface area contributed by atoms with Crippen LogP contribution in [0.15, 0.2) is 83.9 Å². The van der Waals surface area contributed by atoms with Gasteiger partial charge in [0.25, 0.3) is 15.9 Å². The molecule has 0 fully saturated rings. The summed E-state index contributed by atoms with van der Waals surface area (Å²) in [6.45, 7) is 0.188. The third-order valence-corrected chi connectivity index (χ3v) is 9.13. The van der Waals surface area contributed by atoms with Crippen LogP contribution in [-0.4, -0.2) is 52.3 Å². The van der Waals surface area contributed by atoms with E-state index < -0.39 is 10.0 Å². The Morgan fingerprint density at radius 3 is 2.40 bits per heavy atom. The van der Waals surface area contributed by atoms with Crippen LogP contribution in [0.2, 0.25) is 0 Å². The van der Waals surface area contributed by atoms with Gasteiger partial charge in [0.05, 0.1) is 47.7 Å². The number of thiazole rings is 1. The van der Waals surface area contributed by atoms with Crippen LogP contribution in [0, 0.1) is 0 Å². The van der Waals surface area contributed by atoms with Crippen LogP contribution in [0.3, 0.4) is 0 Å². The van der Waals surface area contributed by atoms with Gasteiger partial charge < -0.3 is 19.1 Å². The number of pyridine rings is 1. The number of carbonyl (C=O) groups is 1. The first kappa shape index (κ1) is 27.3. The highest BCUT2D eigenvalue weighted by atomic mass is 32.2. The zero-order chi connectivity index (χ0) is 29.4. The predicted molar refractivity (Wildman–Crippen MR) is 161 cm³/mol. The summed E-state index contributed by atoms with van der Waals surface area (Å²) in [7, 11) is 0.596. The standard InChI is InChI=1S/C29H25N5O6S2/c1-38-20-9-7-19(8-10-20)33-17-34(28(35)22-5-4-14-30-27(22)33)29-31-23-12-6-18(15-26(23)41-29)32-42(36,37)21-11-13-24(39-2)25(16-21)40-3/h4-16,32H,17H2,1-3H3. The smallest absolute Gasteiger partial charge is 0.265 e. The van der Waals surface area contributed by atoms with E-state index in [9.17, 15) is 13.2 Å². The molecule has 2 aromatic heterocycles. The Balaban J connectivity index is 1.31. The second kappa shape index (κ2) is 10.8. The number of rotatable bonds is 8. The van der Waals surface area contributed by atoms with Crippen molar-refractivity contribution in [2.45, 2.75) is 4.90 Å². The molecule has 42 heavy (non-hydrogen) atoms.